The number of hydrogen-bond acceptors (Lipinski definition) is 7. The van der Waals surface area contributed by atoms with Crippen LogP contribution in [0.5, 0.6) is 5.75 Å². The molecule has 4 amide bonds. The molecular formula is C24H26BrClN4O8. The summed E-state index contributed by atoms with van der Waals surface area (Å²) in [5, 5.41) is 28.4. The molecule has 4 N–H and O–H groups in total. The molecule has 0 aromatic heterocycles. The number of nitrogens with zero attached hydrogens (tertiary/aromatic N) is 1. The Morgan fingerprint density at radius 2 is 1.89 bits per heavy atom. The zero-order valence-corrected chi connectivity index (χ0v) is 22.8. The summed E-state index contributed by atoms with van der Waals surface area (Å²) in [4.78, 5) is 59.3. The number of rotatable bonds is 12. The molecule has 2 aromatic rings. The van der Waals surface area contributed by atoms with E-state index in [-0.39, 0.29) is 36.2 Å². The topological polar surface area (TPSA) is 177 Å². The standard InChI is InChI=1S/C24H26BrClN4O8/c1-3-18(13-4-6-17(23(33)34)19(10-13)30(36)37)28-24(35)29-22(32)15(12-27-21(31)11-25)8-14-9-16(26)5-7-20(14)38-2/h4-7,9-10,15,18H,3,8,11-12H2,1-2H3,(H,27,31)(H,33,34)(H2,28,29,32,35)/t15-,18+/m0/s1. The predicted molar refractivity (Wildman–Crippen MR) is 142 cm³/mol. The highest BCUT2D eigenvalue weighted by molar-refractivity contribution is 9.09. The van der Waals surface area contributed by atoms with Crippen LogP contribution in [0.1, 0.15) is 40.9 Å². The normalized spacial score (nSPS) is 12.1. The number of imide groups is 1. The molecule has 204 valence electrons. The number of carbonyl (C=O) groups is 4. The van der Waals surface area contributed by atoms with E-state index in [1.165, 1.54) is 13.2 Å². The van der Waals surface area contributed by atoms with Gasteiger partial charge in [0.25, 0.3) is 5.69 Å². The summed E-state index contributed by atoms with van der Waals surface area (Å²) in [6.07, 6.45) is 0.376. The zero-order chi connectivity index (χ0) is 28.4. The van der Waals surface area contributed by atoms with Crippen molar-refractivity contribution in [2.24, 2.45) is 5.92 Å². The maximum atomic E-state index is 13.0. The van der Waals surface area contributed by atoms with Crippen molar-refractivity contribution in [2.45, 2.75) is 25.8 Å². The maximum absolute atomic E-state index is 13.0. The Kier molecular flexibility index (Phi) is 11.5. The van der Waals surface area contributed by atoms with Crippen LogP contribution in [-0.2, 0) is 16.0 Å². The number of carbonyl (C=O) groups excluding carboxylic acids is 3. The summed E-state index contributed by atoms with van der Waals surface area (Å²) in [5.41, 5.74) is -0.231. The summed E-state index contributed by atoms with van der Waals surface area (Å²) in [7, 11) is 1.46. The summed E-state index contributed by atoms with van der Waals surface area (Å²) in [6.45, 7) is 1.62. The number of urea groups is 1. The first-order valence-corrected chi connectivity index (χ1v) is 12.8. The maximum Gasteiger partial charge on any atom is 0.342 e. The van der Waals surface area contributed by atoms with Gasteiger partial charge in [0.15, 0.2) is 0 Å². The fourth-order valence-electron chi connectivity index (χ4n) is 3.64. The number of nitrogens with one attached hydrogen (secondary N) is 3. The summed E-state index contributed by atoms with van der Waals surface area (Å²) >= 11 is 9.13. The summed E-state index contributed by atoms with van der Waals surface area (Å²) in [5.74, 6) is -2.92. The number of carboxylic acids is 1. The van der Waals surface area contributed by atoms with E-state index >= 15 is 0 Å². The number of carboxylic acid groups (broad SMARTS) is 1. The highest BCUT2D eigenvalue weighted by Crippen LogP contribution is 2.27. The predicted octanol–water partition coefficient (Wildman–Crippen LogP) is 3.60. The number of ether oxygens (including phenoxy) is 1. The van der Waals surface area contributed by atoms with Gasteiger partial charge in [0.2, 0.25) is 11.8 Å². The minimum absolute atomic E-state index is 0.0211. The quantitative estimate of drug-likeness (QED) is 0.159. The van der Waals surface area contributed by atoms with Crippen molar-refractivity contribution < 1.29 is 33.9 Å². The second kappa shape index (κ2) is 14.3. The Morgan fingerprint density at radius 1 is 1.18 bits per heavy atom. The molecule has 0 spiro atoms. The first kappa shape index (κ1) is 30.5. The Labute approximate surface area is 231 Å². The third-order valence-corrected chi connectivity index (χ3v) is 6.29. The molecule has 0 fully saturated rings. The first-order valence-electron chi connectivity index (χ1n) is 11.3. The van der Waals surface area contributed by atoms with Crippen LogP contribution in [0.2, 0.25) is 5.02 Å². The number of aromatic carboxylic acids is 1. The van der Waals surface area contributed by atoms with Crippen molar-refractivity contribution >= 4 is 57.0 Å². The SMILES string of the molecule is CC[C@@H](NC(=O)NC(=O)[C@H](CNC(=O)CBr)Cc1cc(Cl)ccc1OC)c1ccc(C(=O)O)c([N+](=O)[O-])c1. The van der Waals surface area contributed by atoms with E-state index in [4.69, 9.17) is 16.3 Å². The van der Waals surface area contributed by atoms with E-state index < -0.39 is 46.0 Å². The van der Waals surface area contributed by atoms with E-state index in [1.807, 2.05) is 0 Å². The second-order valence-electron chi connectivity index (χ2n) is 8.06. The lowest BCUT2D eigenvalue weighted by atomic mass is 9.97. The molecule has 0 bridgehead atoms. The Hall–Kier alpha value is -3.71. The minimum Gasteiger partial charge on any atom is -0.496 e. The van der Waals surface area contributed by atoms with Gasteiger partial charge in [-0.05, 0) is 48.2 Å². The monoisotopic (exact) mass is 612 g/mol. The van der Waals surface area contributed by atoms with Crippen molar-refractivity contribution in [3.63, 3.8) is 0 Å². The first-order chi connectivity index (χ1) is 18.0. The largest absolute Gasteiger partial charge is 0.496 e. The van der Waals surface area contributed by atoms with Crippen LogP contribution < -0.4 is 20.7 Å². The lowest BCUT2D eigenvalue weighted by Crippen LogP contribution is -2.46. The lowest BCUT2D eigenvalue weighted by Gasteiger charge is -2.21. The van der Waals surface area contributed by atoms with E-state index in [0.717, 1.165) is 12.1 Å². The molecule has 2 rings (SSSR count). The van der Waals surface area contributed by atoms with Gasteiger partial charge in [0.1, 0.15) is 11.3 Å². The van der Waals surface area contributed by atoms with Crippen molar-refractivity contribution in [2.75, 3.05) is 19.0 Å². The third-order valence-electron chi connectivity index (χ3n) is 5.55. The minimum atomic E-state index is -1.46. The van der Waals surface area contributed by atoms with Crippen LogP contribution in [0.3, 0.4) is 0 Å². The summed E-state index contributed by atoms with van der Waals surface area (Å²) in [6, 6.07) is 6.76. The summed E-state index contributed by atoms with van der Waals surface area (Å²) < 4.78 is 5.33. The number of nitro benzene ring substituents is 1. The van der Waals surface area contributed by atoms with Crippen LogP contribution in [0, 0.1) is 16.0 Å². The van der Waals surface area contributed by atoms with Crippen LogP contribution in [0.15, 0.2) is 36.4 Å². The van der Waals surface area contributed by atoms with Gasteiger partial charge in [-0.15, -0.1) is 0 Å². The fourth-order valence-corrected chi connectivity index (χ4v) is 4.03. The number of methoxy groups -OCH3 is 1. The number of benzene rings is 2. The molecule has 0 aliphatic carbocycles. The van der Waals surface area contributed by atoms with Crippen LogP contribution in [0.4, 0.5) is 10.5 Å². The van der Waals surface area contributed by atoms with E-state index in [9.17, 15) is 34.4 Å². The van der Waals surface area contributed by atoms with Crippen LogP contribution in [0.25, 0.3) is 0 Å². The number of hydrogen-bond donors (Lipinski definition) is 4. The molecule has 0 aliphatic heterocycles. The molecule has 0 radical (unpaired) electrons. The van der Waals surface area contributed by atoms with Crippen molar-refractivity contribution in [3.05, 3.63) is 68.2 Å². The molecule has 0 saturated heterocycles. The van der Waals surface area contributed by atoms with Gasteiger partial charge >= 0.3 is 12.0 Å². The number of nitro groups is 1. The zero-order valence-electron chi connectivity index (χ0n) is 20.5. The number of alkyl halides is 1. The van der Waals surface area contributed by atoms with E-state index in [1.54, 1.807) is 25.1 Å². The third kappa shape index (κ3) is 8.42. The molecule has 0 unspecified atom stereocenters. The fraction of sp³-hybridized carbons (Fsp3) is 0.333. The highest BCUT2D eigenvalue weighted by Gasteiger charge is 2.26. The smallest absolute Gasteiger partial charge is 0.342 e. The van der Waals surface area contributed by atoms with Gasteiger partial charge < -0.3 is 20.5 Å². The molecule has 38 heavy (non-hydrogen) atoms. The van der Waals surface area contributed by atoms with Gasteiger partial charge in [-0.1, -0.05) is 40.5 Å². The van der Waals surface area contributed by atoms with E-state index in [2.05, 4.69) is 31.9 Å². The van der Waals surface area contributed by atoms with Gasteiger partial charge in [-0.3, -0.25) is 25.0 Å². The molecule has 12 nitrogen and oxygen atoms in total. The van der Waals surface area contributed by atoms with Gasteiger partial charge in [-0.2, -0.15) is 0 Å². The highest BCUT2D eigenvalue weighted by atomic mass is 79.9. The Morgan fingerprint density at radius 3 is 2.47 bits per heavy atom. The second-order valence-corrected chi connectivity index (χ2v) is 9.05. The van der Waals surface area contributed by atoms with Gasteiger partial charge in [-0.25, -0.2) is 9.59 Å². The number of halogens is 2. The molecule has 0 saturated carbocycles. The number of amides is 4. The van der Waals surface area contributed by atoms with Crippen LogP contribution in [-0.4, -0.2) is 52.8 Å². The molecule has 2 aromatic carbocycles. The van der Waals surface area contributed by atoms with Crippen molar-refractivity contribution in [1.29, 1.82) is 0 Å². The molecule has 0 aliphatic rings. The molecular weight excluding hydrogens is 588 g/mol. The van der Waals surface area contributed by atoms with Crippen LogP contribution >= 0.6 is 27.5 Å². The molecule has 0 heterocycles. The Bertz CT molecular complexity index is 1230. The van der Waals surface area contributed by atoms with Crippen molar-refractivity contribution in [3.8, 4) is 5.75 Å². The van der Waals surface area contributed by atoms with Crippen molar-refractivity contribution in [1.82, 2.24) is 16.0 Å². The average Bonchev–Trinajstić information content (AvgIpc) is 2.88. The lowest BCUT2D eigenvalue weighted by molar-refractivity contribution is -0.385. The van der Waals surface area contributed by atoms with Gasteiger partial charge in [0.05, 0.1) is 29.3 Å². The molecule has 14 heteroatoms. The molecule has 2 atom stereocenters. The van der Waals surface area contributed by atoms with Gasteiger partial charge in [0, 0.05) is 17.6 Å². The Balaban J connectivity index is 2.21. The van der Waals surface area contributed by atoms with E-state index in [0.29, 0.717) is 16.3 Å². The average molecular weight is 614 g/mol.